The highest BCUT2D eigenvalue weighted by atomic mass is 79.9. The van der Waals surface area contributed by atoms with Crippen LogP contribution >= 0.6 is 15.9 Å². The van der Waals surface area contributed by atoms with E-state index in [9.17, 15) is 14.0 Å². The number of benzene rings is 2. The van der Waals surface area contributed by atoms with E-state index < -0.39 is 11.8 Å². The summed E-state index contributed by atoms with van der Waals surface area (Å²) in [6, 6.07) is 12.8. The van der Waals surface area contributed by atoms with Crippen LogP contribution in [0.5, 0.6) is 0 Å². The Hall–Kier alpha value is -2.21. The van der Waals surface area contributed by atoms with Crippen LogP contribution in [-0.2, 0) is 16.1 Å². The Balaban J connectivity index is 1.81. The molecule has 2 aromatic carbocycles. The number of ether oxygens (including phenoxy) is 1. The molecule has 1 amide bonds. The molecule has 0 fully saturated rings. The minimum atomic E-state index is -0.633. The van der Waals surface area contributed by atoms with Gasteiger partial charge in [0.1, 0.15) is 19.0 Å². The fraction of sp³-hybridized carbons (Fsp3) is 0.125. The molecule has 0 aromatic heterocycles. The first-order chi connectivity index (χ1) is 10.6. The predicted molar refractivity (Wildman–Crippen MR) is 82.7 cm³/mol. The van der Waals surface area contributed by atoms with Crippen LogP contribution < -0.4 is 5.32 Å². The second-order valence-corrected chi connectivity index (χ2v) is 5.36. The van der Waals surface area contributed by atoms with Crippen LogP contribution in [0.15, 0.2) is 53.0 Å². The second kappa shape index (κ2) is 7.70. The molecule has 0 saturated heterocycles. The SMILES string of the molecule is O=C(CNC(=O)c1cccc(Br)c1)OCc1ccccc1F. The number of hydrogen-bond donors (Lipinski definition) is 1. The molecule has 114 valence electrons. The molecule has 0 aliphatic rings. The lowest BCUT2D eigenvalue weighted by molar-refractivity contribution is -0.143. The molecular formula is C16H13BrFNO3. The minimum absolute atomic E-state index is 0.168. The minimum Gasteiger partial charge on any atom is -0.459 e. The van der Waals surface area contributed by atoms with Crippen LogP contribution in [0.25, 0.3) is 0 Å². The van der Waals surface area contributed by atoms with E-state index in [2.05, 4.69) is 21.2 Å². The highest BCUT2D eigenvalue weighted by Gasteiger charge is 2.10. The zero-order valence-corrected chi connectivity index (χ0v) is 13.1. The third-order valence-electron chi connectivity index (χ3n) is 2.83. The Morgan fingerprint density at radius 3 is 2.64 bits per heavy atom. The van der Waals surface area contributed by atoms with Crippen LogP contribution in [0.4, 0.5) is 4.39 Å². The van der Waals surface area contributed by atoms with Gasteiger partial charge in [-0.2, -0.15) is 0 Å². The number of carbonyl (C=O) groups excluding carboxylic acids is 2. The van der Waals surface area contributed by atoms with E-state index >= 15 is 0 Å². The molecule has 0 aliphatic carbocycles. The summed E-state index contributed by atoms with van der Waals surface area (Å²) < 4.78 is 19.0. The molecule has 0 bridgehead atoms. The van der Waals surface area contributed by atoms with Crippen molar-refractivity contribution < 1.29 is 18.7 Å². The molecule has 0 heterocycles. The third-order valence-corrected chi connectivity index (χ3v) is 3.32. The molecule has 1 N–H and O–H groups in total. The third kappa shape index (κ3) is 4.66. The molecule has 2 aromatic rings. The van der Waals surface area contributed by atoms with Crippen molar-refractivity contribution in [1.29, 1.82) is 0 Å². The molecule has 0 unspecified atom stereocenters. The van der Waals surface area contributed by atoms with E-state index in [0.717, 1.165) is 4.47 Å². The van der Waals surface area contributed by atoms with Gasteiger partial charge < -0.3 is 10.1 Å². The monoisotopic (exact) mass is 365 g/mol. The zero-order valence-electron chi connectivity index (χ0n) is 11.5. The van der Waals surface area contributed by atoms with Gasteiger partial charge in [-0.05, 0) is 24.3 Å². The van der Waals surface area contributed by atoms with Crippen LogP contribution in [-0.4, -0.2) is 18.4 Å². The number of carbonyl (C=O) groups is 2. The summed E-state index contributed by atoms with van der Waals surface area (Å²) in [5.74, 6) is -1.45. The molecule has 0 atom stereocenters. The summed E-state index contributed by atoms with van der Waals surface area (Å²) in [6.07, 6.45) is 0. The first-order valence-electron chi connectivity index (χ1n) is 6.49. The van der Waals surface area contributed by atoms with Gasteiger partial charge >= 0.3 is 5.97 Å². The van der Waals surface area contributed by atoms with Crippen molar-refractivity contribution in [1.82, 2.24) is 5.32 Å². The Morgan fingerprint density at radius 1 is 1.14 bits per heavy atom. The fourth-order valence-electron chi connectivity index (χ4n) is 1.71. The van der Waals surface area contributed by atoms with Crippen molar-refractivity contribution in [3.8, 4) is 0 Å². The molecule has 0 radical (unpaired) electrons. The molecule has 22 heavy (non-hydrogen) atoms. The molecule has 0 aliphatic heterocycles. The second-order valence-electron chi connectivity index (χ2n) is 4.45. The quantitative estimate of drug-likeness (QED) is 0.828. The number of rotatable bonds is 5. The standard InChI is InChI=1S/C16H13BrFNO3/c17-13-6-3-5-11(8-13)16(21)19-9-15(20)22-10-12-4-1-2-7-14(12)18/h1-8H,9-10H2,(H,19,21). The van der Waals surface area contributed by atoms with Crippen molar-refractivity contribution in [3.63, 3.8) is 0 Å². The normalized spacial score (nSPS) is 10.1. The summed E-state index contributed by atoms with van der Waals surface area (Å²) >= 11 is 3.26. The maximum Gasteiger partial charge on any atom is 0.325 e. The number of hydrogen-bond acceptors (Lipinski definition) is 3. The van der Waals surface area contributed by atoms with Gasteiger partial charge in [-0.15, -0.1) is 0 Å². The first-order valence-corrected chi connectivity index (χ1v) is 7.28. The van der Waals surface area contributed by atoms with Gasteiger partial charge in [0.25, 0.3) is 5.91 Å². The average Bonchev–Trinajstić information content (AvgIpc) is 2.52. The van der Waals surface area contributed by atoms with Crippen LogP contribution in [0.1, 0.15) is 15.9 Å². The lowest BCUT2D eigenvalue weighted by atomic mass is 10.2. The van der Waals surface area contributed by atoms with Crippen LogP contribution in [0, 0.1) is 5.82 Å². The van der Waals surface area contributed by atoms with E-state index in [1.165, 1.54) is 12.1 Å². The maximum absolute atomic E-state index is 13.3. The van der Waals surface area contributed by atoms with Gasteiger partial charge in [0.05, 0.1) is 0 Å². The van der Waals surface area contributed by atoms with Gasteiger partial charge in [-0.25, -0.2) is 4.39 Å². The Bertz CT molecular complexity index is 691. The van der Waals surface area contributed by atoms with Crippen molar-refractivity contribution in [2.75, 3.05) is 6.54 Å². The van der Waals surface area contributed by atoms with Crippen LogP contribution in [0.3, 0.4) is 0 Å². The van der Waals surface area contributed by atoms with E-state index in [1.807, 2.05) is 0 Å². The topological polar surface area (TPSA) is 55.4 Å². The predicted octanol–water partition coefficient (Wildman–Crippen LogP) is 3.06. The van der Waals surface area contributed by atoms with Crippen LogP contribution in [0.2, 0.25) is 0 Å². The van der Waals surface area contributed by atoms with E-state index in [-0.39, 0.29) is 24.6 Å². The number of amides is 1. The highest BCUT2D eigenvalue weighted by molar-refractivity contribution is 9.10. The number of esters is 1. The molecule has 4 nitrogen and oxygen atoms in total. The highest BCUT2D eigenvalue weighted by Crippen LogP contribution is 2.11. The molecule has 2 rings (SSSR count). The lowest BCUT2D eigenvalue weighted by Crippen LogP contribution is -2.30. The van der Waals surface area contributed by atoms with E-state index in [0.29, 0.717) is 5.56 Å². The Morgan fingerprint density at radius 2 is 1.91 bits per heavy atom. The molecule has 6 heteroatoms. The van der Waals surface area contributed by atoms with E-state index in [4.69, 9.17) is 4.74 Å². The Kier molecular flexibility index (Phi) is 5.66. The van der Waals surface area contributed by atoms with Crippen molar-refractivity contribution in [2.24, 2.45) is 0 Å². The lowest BCUT2D eigenvalue weighted by Gasteiger charge is -2.07. The smallest absolute Gasteiger partial charge is 0.325 e. The zero-order chi connectivity index (χ0) is 15.9. The maximum atomic E-state index is 13.3. The van der Waals surface area contributed by atoms with Crippen molar-refractivity contribution in [3.05, 3.63) is 69.9 Å². The van der Waals surface area contributed by atoms with Crippen molar-refractivity contribution >= 4 is 27.8 Å². The fourth-order valence-corrected chi connectivity index (χ4v) is 2.11. The summed E-state index contributed by atoms with van der Waals surface area (Å²) in [5, 5.41) is 2.45. The molecular weight excluding hydrogens is 353 g/mol. The average molecular weight is 366 g/mol. The summed E-state index contributed by atoms with van der Waals surface area (Å²) in [6.45, 7) is -0.446. The van der Waals surface area contributed by atoms with Gasteiger partial charge in [-0.3, -0.25) is 9.59 Å². The van der Waals surface area contributed by atoms with Crippen molar-refractivity contribution in [2.45, 2.75) is 6.61 Å². The Labute approximate surface area is 135 Å². The van der Waals surface area contributed by atoms with Gasteiger partial charge in [0.15, 0.2) is 0 Å². The molecule has 0 saturated carbocycles. The van der Waals surface area contributed by atoms with Gasteiger partial charge in [-0.1, -0.05) is 40.2 Å². The van der Waals surface area contributed by atoms with Gasteiger partial charge in [0.2, 0.25) is 0 Å². The van der Waals surface area contributed by atoms with Gasteiger partial charge in [0, 0.05) is 15.6 Å². The molecule has 0 spiro atoms. The first kappa shape index (κ1) is 16.2. The summed E-state index contributed by atoms with van der Waals surface area (Å²) in [5.41, 5.74) is 0.713. The summed E-state index contributed by atoms with van der Waals surface area (Å²) in [7, 11) is 0. The largest absolute Gasteiger partial charge is 0.459 e. The number of nitrogens with one attached hydrogen (secondary N) is 1. The number of halogens is 2. The van der Waals surface area contributed by atoms with E-state index in [1.54, 1.807) is 36.4 Å². The summed E-state index contributed by atoms with van der Waals surface area (Å²) in [4.78, 5) is 23.4.